The molecule has 0 saturated carbocycles. The number of benzene rings is 1. The first kappa shape index (κ1) is 14.1. The molecule has 0 unspecified atom stereocenters. The van der Waals surface area contributed by atoms with E-state index in [0.29, 0.717) is 27.8 Å². The van der Waals surface area contributed by atoms with E-state index in [0.717, 1.165) is 11.3 Å². The molecule has 0 atom stereocenters. The lowest BCUT2D eigenvalue weighted by atomic mass is 10.2. The molecule has 2 heterocycles. The number of oxazole rings is 1. The molecule has 0 bridgehead atoms. The van der Waals surface area contributed by atoms with Gasteiger partial charge in [-0.3, -0.25) is 0 Å². The summed E-state index contributed by atoms with van der Waals surface area (Å²) in [6.45, 7) is 0.233. The number of hydrogen-bond donors (Lipinski definition) is 1. The molecule has 2 N–H and O–H groups in total. The van der Waals surface area contributed by atoms with Crippen molar-refractivity contribution in [3.63, 3.8) is 0 Å². The average Bonchev–Trinajstić information content (AvgIpc) is 3.14. The molecule has 3 rings (SSSR count). The molecule has 6 nitrogen and oxygen atoms in total. The van der Waals surface area contributed by atoms with Crippen LogP contribution in [0.1, 0.15) is 11.6 Å². The van der Waals surface area contributed by atoms with Gasteiger partial charge in [0, 0.05) is 16.3 Å². The number of rotatable bonds is 5. The van der Waals surface area contributed by atoms with Crippen molar-refractivity contribution in [2.75, 3.05) is 0 Å². The zero-order valence-electron chi connectivity index (χ0n) is 10.8. The molecule has 21 heavy (non-hydrogen) atoms. The minimum absolute atomic E-state index is 0.233. The molecule has 0 radical (unpaired) electrons. The highest BCUT2D eigenvalue weighted by Crippen LogP contribution is 2.25. The van der Waals surface area contributed by atoms with Crippen molar-refractivity contribution < 1.29 is 8.83 Å². The van der Waals surface area contributed by atoms with E-state index in [-0.39, 0.29) is 6.54 Å². The van der Waals surface area contributed by atoms with E-state index >= 15 is 0 Å². The van der Waals surface area contributed by atoms with Crippen LogP contribution in [0.2, 0.25) is 5.02 Å². The van der Waals surface area contributed by atoms with Gasteiger partial charge in [0.2, 0.25) is 11.8 Å². The Labute approximate surface area is 129 Å². The number of thioether (sulfide) groups is 1. The molecule has 1 aromatic carbocycles. The van der Waals surface area contributed by atoms with Crippen molar-refractivity contribution in [3.05, 3.63) is 47.1 Å². The molecule has 0 saturated heterocycles. The van der Waals surface area contributed by atoms with Gasteiger partial charge >= 0.3 is 0 Å². The van der Waals surface area contributed by atoms with Crippen LogP contribution in [-0.4, -0.2) is 15.2 Å². The summed E-state index contributed by atoms with van der Waals surface area (Å²) >= 11 is 7.32. The largest absolute Gasteiger partial charge is 0.444 e. The van der Waals surface area contributed by atoms with Gasteiger partial charge in [0.05, 0.1) is 12.2 Å². The second kappa shape index (κ2) is 6.30. The Morgan fingerprint density at radius 2 is 2.19 bits per heavy atom. The summed E-state index contributed by atoms with van der Waals surface area (Å²) in [5.41, 5.74) is 7.02. The van der Waals surface area contributed by atoms with E-state index in [2.05, 4.69) is 15.2 Å². The van der Waals surface area contributed by atoms with Crippen LogP contribution in [0.25, 0.3) is 11.5 Å². The maximum atomic E-state index is 5.95. The highest BCUT2D eigenvalue weighted by atomic mass is 35.5. The zero-order valence-corrected chi connectivity index (χ0v) is 12.4. The van der Waals surface area contributed by atoms with Crippen molar-refractivity contribution in [1.29, 1.82) is 0 Å². The molecule has 8 heteroatoms. The van der Waals surface area contributed by atoms with Gasteiger partial charge in [-0.2, -0.15) is 0 Å². The van der Waals surface area contributed by atoms with Crippen LogP contribution >= 0.6 is 23.4 Å². The van der Waals surface area contributed by atoms with Gasteiger partial charge in [0.25, 0.3) is 5.22 Å². The molecular weight excluding hydrogens is 312 g/mol. The van der Waals surface area contributed by atoms with Crippen molar-refractivity contribution >= 4 is 23.4 Å². The van der Waals surface area contributed by atoms with E-state index in [1.54, 1.807) is 18.4 Å². The monoisotopic (exact) mass is 322 g/mol. The third kappa shape index (κ3) is 3.44. The maximum absolute atomic E-state index is 5.95. The van der Waals surface area contributed by atoms with Gasteiger partial charge in [0.1, 0.15) is 6.26 Å². The van der Waals surface area contributed by atoms with Crippen molar-refractivity contribution in [2.45, 2.75) is 17.5 Å². The molecule has 108 valence electrons. The molecule has 3 aromatic rings. The number of hydrogen-bond acceptors (Lipinski definition) is 7. The normalized spacial score (nSPS) is 11.0. The number of aromatic nitrogens is 3. The Morgan fingerprint density at radius 1 is 1.29 bits per heavy atom. The van der Waals surface area contributed by atoms with Crippen molar-refractivity contribution in [2.24, 2.45) is 5.73 Å². The summed E-state index contributed by atoms with van der Waals surface area (Å²) in [6, 6.07) is 7.34. The first-order chi connectivity index (χ1) is 10.2. The van der Waals surface area contributed by atoms with E-state index in [4.69, 9.17) is 26.2 Å². The second-order valence-corrected chi connectivity index (χ2v) is 5.47. The fraction of sp³-hybridized carbons (Fsp3) is 0.154. The minimum atomic E-state index is 0.233. The SMILES string of the molecule is NCc1nnc(SCc2coc(-c3cccc(Cl)c3)n2)o1. The molecule has 0 amide bonds. The fourth-order valence-electron chi connectivity index (χ4n) is 1.64. The third-order valence-electron chi connectivity index (χ3n) is 2.59. The van der Waals surface area contributed by atoms with Crippen LogP contribution in [-0.2, 0) is 12.3 Å². The predicted octanol–water partition coefficient (Wildman–Crippen LogP) is 3.13. The highest BCUT2D eigenvalue weighted by Gasteiger charge is 2.10. The van der Waals surface area contributed by atoms with E-state index in [1.165, 1.54) is 11.8 Å². The van der Waals surface area contributed by atoms with Gasteiger partial charge < -0.3 is 14.6 Å². The quantitative estimate of drug-likeness (QED) is 0.721. The predicted molar refractivity (Wildman–Crippen MR) is 78.7 cm³/mol. The molecule has 0 spiro atoms. The first-order valence-corrected chi connectivity index (χ1v) is 7.46. The van der Waals surface area contributed by atoms with Gasteiger partial charge in [-0.1, -0.05) is 29.4 Å². The van der Waals surface area contributed by atoms with Crippen LogP contribution in [0.5, 0.6) is 0 Å². The van der Waals surface area contributed by atoms with Gasteiger partial charge in [-0.15, -0.1) is 10.2 Å². The summed E-state index contributed by atoms with van der Waals surface area (Å²) in [5.74, 6) is 1.51. The maximum Gasteiger partial charge on any atom is 0.277 e. The lowest BCUT2D eigenvalue weighted by molar-refractivity contribution is 0.414. The lowest BCUT2D eigenvalue weighted by Crippen LogP contribution is -1.95. The topological polar surface area (TPSA) is 91.0 Å². The molecule has 0 aliphatic carbocycles. The van der Waals surface area contributed by atoms with E-state index < -0.39 is 0 Å². The Balaban J connectivity index is 1.67. The Hall–Kier alpha value is -1.83. The second-order valence-electron chi connectivity index (χ2n) is 4.11. The Bertz CT molecular complexity index is 743. The molecule has 0 aliphatic rings. The van der Waals surface area contributed by atoms with Gasteiger partial charge in [-0.05, 0) is 18.2 Å². The Kier molecular flexibility index (Phi) is 4.23. The molecule has 0 fully saturated rings. The van der Waals surface area contributed by atoms with Crippen LogP contribution in [0, 0.1) is 0 Å². The average molecular weight is 323 g/mol. The lowest BCUT2D eigenvalue weighted by Gasteiger charge is -1.95. The minimum Gasteiger partial charge on any atom is -0.444 e. The number of nitrogens with two attached hydrogens (primary N) is 1. The van der Waals surface area contributed by atoms with Crippen LogP contribution in [0.4, 0.5) is 0 Å². The van der Waals surface area contributed by atoms with Crippen LogP contribution in [0.15, 0.2) is 44.6 Å². The first-order valence-electron chi connectivity index (χ1n) is 6.10. The van der Waals surface area contributed by atoms with E-state index in [9.17, 15) is 0 Å². The summed E-state index contributed by atoms with van der Waals surface area (Å²) in [4.78, 5) is 4.40. The van der Waals surface area contributed by atoms with Crippen molar-refractivity contribution in [3.8, 4) is 11.5 Å². The summed E-state index contributed by atoms with van der Waals surface area (Å²) in [7, 11) is 0. The summed E-state index contributed by atoms with van der Waals surface area (Å²) in [5, 5.41) is 8.76. The highest BCUT2D eigenvalue weighted by molar-refractivity contribution is 7.98. The number of nitrogens with zero attached hydrogens (tertiary/aromatic N) is 3. The molecular formula is C13H11ClN4O2S. The molecule has 0 aliphatic heterocycles. The zero-order chi connectivity index (χ0) is 14.7. The fourth-order valence-corrected chi connectivity index (χ4v) is 2.49. The number of halogens is 1. The molecule has 2 aromatic heterocycles. The Morgan fingerprint density at radius 3 is 2.95 bits per heavy atom. The summed E-state index contributed by atoms with van der Waals surface area (Å²) in [6.07, 6.45) is 1.60. The summed E-state index contributed by atoms with van der Waals surface area (Å²) < 4.78 is 10.8. The van der Waals surface area contributed by atoms with Crippen molar-refractivity contribution in [1.82, 2.24) is 15.2 Å². The van der Waals surface area contributed by atoms with Gasteiger partial charge in [-0.25, -0.2) is 4.98 Å². The third-order valence-corrected chi connectivity index (χ3v) is 3.68. The van der Waals surface area contributed by atoms with Crippen LogP contribution < -0.4 is 5.73 Å². The standard InChI is InChI=1S/C13H11ClN4O2S/c14-9-3-1-2-8(4-9)12-16-10(6-19-12)7-21-13-18-17-11(5-15)20-13/h1-4,6H,5,7,15H2. The van der Waals surface area contributed by atoms with Gasteiger partial charge in [0.15, 0.2) is 0 Å². The van der Waals surface area contributed by atoms with E-state index in [1.807, 2.05) is 12.1 Å². The van der Waals surface area contributed by atoms with Crippen LogP contribution in [0.3, 0.4) is 0 Å². The smallest absolute Gasteiger partial charge is 0.277 e.